The molecule has 0 aliphatic carbocycles. The SMILES string of the molecule is C=CCCCN1C(=O)c2ccccc2C1=O. The van der Waals surface area contributed by atoms with E-state index in [4.69, 9.17) is 0 Å². The lowest BCUT2D eigenvalue weighted by atomic mass is 10.1. The van der Waals surface area contributed by atoms with Gasteiger partial charge in [0, 0.05) is 6.54 Å². The van der Waals surface area contributed by atoms with Gasteiger partial charge >= 0.3 is 0 Å². The minimum Gasteiger partial charge on any atom is -0.274 e. The largest absolute Gasteiger partial charge is 0.274 e. The van der Waals surface area contributed by atoms with E-state index in [9.17, 15) is 9.59 Å². The second-order valence-corrected chi connectivity index (χ2v) is 3.74. The predicted molar refractivity (Wildman–Crippen MR) is 61.2 cm³/mol. The van der Waals surface area contributed by atoms with Gasteiger partial charge in [0.05, 0.1) is 11.1 Å². The van der Waals surface area contributed by atoms with Crippen LogP contribution in [-0.4, -0.2) is 23.3 Å². The second-order valence-electron chi connectivity index (χ2n) is 3.74. The number of benzene rings is 1. The summed E-state index contributed by atoms with van der Waals surface area (Å²) in [5, 5.41) is 0. The van der Waals surface area contributed by atoms with Crippen LogP contribution in [-0.2, 0) is 0 Å². The molecule has 1 aromatic carbocycles. The normalized spacial score (nSPS) is 14.1. The maximum Gasteiger partial charge on any atom is 0.261 e. The van der Waals surface area contributed by atoms with Crippen LogP contribution >= 0.6 is 0 Å². The number of amides is 2. The molecule has 0 saturated carbocycles. The zero-order valence-corrected chi connectivity index (χ0v) is 8.98. The first-order chi connectivity index (χ1) is 7.75. The standard InChI is InChI=1S/C13H13NO2/c1-2-3-6-9-14-12(15)10-7-4-5-8-11(10)13(14)16/h2,4-5,7-8H,1,3,6,9H2. The van der Waals surface area contributed by atoms with E-state index in [1.54, 1.807) is 30.3 Å². The molecule has 1 heterocycles. The third kappa shape index (κ3) is 1.65. The van der Waals surface area contributed by atoms with E-state index in [2.05, 4.69) is 6.58 Å². The fourth-order valence-electron chi connectivity index (χ4n) is 1.84. The Balaban J connectivity index is 2.18. The van der Waals surface area contributed by atoms with Crippen molar-refractivity contribution in [1.29, 1.82) is 0 Å². The van der Waals surface area contributed by atoms with Crippen LogP contribution in [0.25, 0.3) is 0 Å². The number of carbonyl (C=O) groups excluding carboxylic acids is 2. The quantitative estimate of drug-likeness (QED) is 0.439. The Morgan fingerprint density at radius 3 is 2.19 bits per heavy atom. The number of allylic oxidation sites excluding steroid dienone is 1. The molecule has 1 aliphatic heterocycles. The molecule has 0 unspecified atom stereocenters. The molecule has 0 radical (unpaired) electrons. The van der Waals surface area contributed by atoms with Gasteiger partial charge in [-0.15, -0.1) is 6.58 Å². The van der Waals surface area contributed by atoms with Gasteiger partial charge in [0.15, 0.2) is 0 Å². The van der Waals surface area contributed by atoms with Gasteiger partial charge in [-0.05, 0) is 25.0 Å². The number of imide groups is 1. The summed E-state index contributed by atoms with van der Waals surface area (Å²) in [6, 6.07) is 6.95. The summed E-state index contributed by atoms with van der Waals surface area (Å²) in [4.78, 5) is 25.1. The van der Waals surface area contributed by atoms with Crippen LogP contribution < -0.4 is 0 Å². The van der Waals surface area contributed by atoms with Crippen LogP contribution in [0, 0.1) is 0 Å². The Morgan fingerprint density at radius 1 is 1.12 bits per heavy atom. The molecular formula is C13H13NO2. The van der Waals surface area contributed by atoms with Crippen molar-refractivity contribution in [2.24, 2.45) is 0 Å². The number of carbonyl (C=O) groups is 2. The van der Waals surface area contributed by atoms with Gasteiger partial charge in [-0.1, -0.05) is 18.2 Å². The Morgan fingerprint density at radius 2 is 1.69 bits per heavy atom. The number of unbranched alkanes of at least 4 members (excludes halogenated alkanes) is 1. The van der Waals surface area contributed by atoms with Crippen molar-refractivity contribution in [1.82, 2.24) is 4.90 Å². The van der Waals surface area contributed by atoms with Crippen LogP contribution in [0.15, 0.2) is 36.9 Å². The lowest BCUT2D eigenvalue weighted by Gasteiger charge is -2.12. The van der Waals surface area contributed by atoms with Gasteiger partial charge in [-0.3, -0.25) is 14.5 Å². The smallest absolute Gasteiger partial charge is 0.261 e. The van der Waals surface area contributed by atoms with Gasteiger partial charge in [0.25, 0.3) is 11.8 Å². The molecule has 2 amide bonds. The average molecular weight is 215 g/mol. The fraction of sp³-hybridized carbons (Fsp3) is 0.231. The molecule has 0 bridgehead atoms. The molecule has 0 fully saturated rings. The number of fused-ring (bicyclic) bond motifs is 1. The molecule has 0 saturated heterocycles. The van der Waals surface area contributed by atoms with Gasteiger partial charge in [0.2, 0.25) is 0 Å². The summed E-state index contributed by atoms with van der Waals surface area (Å²) in [5.41, 5.74) is 1.04. The van der Waals surface area contributed by atoms with Crippen LogP contribution in [0.5, 0.6) is 0 Å². The van der Waals surface area contributed by atoms with E-state index >= 15 is 0 Å². The molecule has 1 aromatic rings. The van der Waals surface area contributed by atoms with Gasteiger partial charge in [-0.2, -0.15) is 0 Å². The van der Waals surface area contributed by atoms with Crippen molar-refractivity contribution in [3.05, 3.63) is 48.0 Å². The molecule has 1 aliphatic rings. The molecule has 0 spiro atoms. The van der Waals surface area contributed by atoms with Crippen LogP contribution in [0.1, 0.15) is 33.6 Å². The summed E-state index contributed by atoms with van der Waals surface area (Å²) in [6.07, 6.45) is 3.38. The number of hydrogen-bond acceptors (Lipinski definition) is 2. The van der Waals surface area contributed by atoms with Crippen molar-refractivity contribution >= 4 is 11.8 Å². The van der Waals surface area contributed by atoms with Crippen molar-refractivity contribution in [3.63, 3.8) is 0 Å². The highest BCUT2D eigenvalue weighted by Crippen LogP contribution is 2.22. The van der Waals surface area contributed by atoms with E-state index in [1.807, 2.05) is 0 Å². The molecule has 3 nitrogen and oxygen atoms in total. The Hall–Kier alpha value is -1.90. The molecule has 82 valence electrons. The van der Waals surface area contributed by atoms with E-state index in [0.29, 0.717) is 17.7 Å². The average Bonchev–Trinajstić information content (AvgIpc) is 2.55. The van der Waals surface area contributed by atoms with Gasteiger partial charge < -0.3 is 0 Å². The molecule has 0 N–H and O–H groups in total. The zero-order chi connectivity index (χ0) is 11.5. The van der Waals surface area contributed by atoms with E-state index in [-0.39, 0.29) is 11.8 Å². The summed E-state index contributed by atoms with van der Waals surface area (Å²) >= 11 is 0. The Bertz CT molecular complexity index is 416. The summed E-state index contributed by atoms with van der Waals surface area (Å²) in [6.45, 7) is 4.08. The van der Waals surface area contributed by atoms with E-state index in [0.717, 1.165) is 12.8 Å². The first-order valence-corrected chi connectivity index (χ1v) is 5.32. The summed E-state index contributed by atoms with van der Waals surface area (Å²) in [5.74, 6) is -0.352. The monoisotopic (exact) mass is 215 g/mol. The molecule has 0 aromatic heterocycles. The molecule has 3 heteroatoms. The second kappa shape index (κ2) is 4.31. The number of nitrogens with zero attached hydrogens (tertiary/aromatic N) is 1. The maximum absolute atomic E-state index is 11.9. The van der Waals surface area contributed by atoms with Gasteiger partial charge in [-0.25, -0.2) is 0 Å². The molecule has 2 rings (SSSR count). The van der Waals surface area contributed by atoms with Crippen molar-refractivity contribution in [3.8, 4) is 0 Å². The number of hydrogen-bond donors (Lipinski definition) is 0. The topological polar surface area (TPSA) is 37.4 Å². The molecule has 16 heavy (non-hydrogen) atoms. The highest BCUT2D eigenvalue weighted by atomic mass is 16.2. The lowest BCUT2D eigenvalue weighted by Crippen LogP contribution is -2.30. The maximum atomic E-state index is 11.9. The van der Waals surface area contributed by atoms with E-state index in [1.165, 1.54) is 4.90 Å². The van der Waals surface area contributed by atoms with Crippen LogP contribution in [0.3, 0.4) is 0 Å². The third-order valence-corrected chi connectivity index (χ3v) is 2.67. The summed E-state index contributed by atoms with van der Waals surface area (Å²) in [7, 11) is 0. The minimum absolute atomic E-state index is 0.176. The highest BCUT2D eigenvalue weighted by molar-refractivity contribution is 6.21. The van der Waals surface area contributed by atoms with Crippen molar-refractivity contribution in [2.45, 2.75) is 12.8 Å². The summed E-state index contributed by atoms with van der Waals surface area (Å²) < 4.78 is 0. The lowest BCUT2D eigenvalue weighted by molar-refractivity contribution is 0.0653. The van der Waals surface area contributed by atoms with Crippen LogP contribution in [0.2, 0.25) is 0 Å². The van der Waals surface area contributed by atoms with Crippen LogP contribution in [0.4, 0.5) is 0 Å². The first kappa shape index (κ1) is 10.6. The fourth-order valence-corrected chi connectivity index (χ4v) is 1.84. The van der Waals surface area contributed by atoms with Gasteiger partial charge in [0.1, 0.15) is 0 Å². The third-order valence-electron chi connectivity index (χ3n) is 2.67. The van der Waals surface area contributed by atoms with Crippen molar-refractivity contribution < 1.29 is 9.59 Å². The predicted octanol–water partition coefficient (Wildman–Crippen LogP) is 2.25. The number of rotatable bonds is 4. The minimum atomic E-state index is -0.176. The highest BCUT2D eigenvalue weighted by Gasteiger charge is 2.34. The molecule has 0 atom stereocenters. The Kier molecular flexibility index (Phi) is 2.86. The Labute approximate surface area is 94.4 Å². The molecular weight excluding hydrogens is 202 g/mol. The zero-order valence-electron chi connectivity index (χ0n) is 8.98. The van der Waals surface area contributed by atoms with E-state index < -0.39 is 0 Å². The van der Waals surface area contributed by atoms with Crippen molar-refractivity contribution in [2.75, 3.05) is 6.54 Å². The first-order valence-electron chi connectivity index (χ1n) is 5.32.